The summed E-state index contributed by atoms with van der Waals surface area (Å²) in [5.74, 6) is -4.68. The van der Waals surface area contributed by atoms with Crippen molar-refractivity contribution in [3.05, 3.63) is 35.9 Å². The molecule has 1 heterocycles. The molecule has 0 aromatic heterocycles. The van der Waals surface area contributed by atoms with E-state index in [0.29, 0.717) is 6.42 Å². The van der Waals surface area contributed by atoms with E-state index in [0.717, 1.165) is 10.5 Å². The number of carbonyl (C=O) groups is 5. The molecular weight excluding hydrogens is 420 g/mol. The minimum absolute atomic E-state index is 0.0839. The van der Waals surface area contributed by atoms with E-state index in [2.05, 4.69) is 10.6 Å². The average molecular weight is 448 g/mol. The number of likely N-dealkylation sites (tertiary alicyclic amines) is 1. The van der Waals surface area contributed by atoms with E-state index >= 15 is 0 Å². The zero-order valence-electron chi connectivity index (χ0n) is 17.7. The van der Waals surface area contributed by atoms with Gasteiger partial charge in [0.25, 0.3) is 0 Å². The number of nitrogens with zero attached hydrogens (tertiary/aromatic N) is 1. The highest BCUT2D eigenvalue weighted by Crippen LogP contribution is 2.19. The molecule has 6 N–H and O–H groups in total. The Morgan fingerprint density at radius 1 is 1.06 bits per heavy atom. The van der Waals surface area contributed by atoms with Gasteiger partial charge in [-0.2, -0.15) is 0 Å². The normalized spacial score (nSPS) is 18.3. The van der Waals surface area contributed by atoms with Crippen molar-refractivity contribution in [2.24, 2.45) is 5.73 Å². The summed E-state index contributed by atoms with van der Waals surface area (Å²) in [6.45, 7) is 1.60. The highest BCUT2D eigenvalue weighted by Gasteiger charge is 2.39. The van der Waals surface area contributed by atoms with Gasteiger partial charge in [0, 0.05) is 13.0 Å². The van der Waals surface area contributed by atoms with E-state index in [1.54, 1.807) is 30.3 Å². The van der Waals surface area contributed by atoms with Gasteiger partial charge in [0.05, 0.1) is 12.5 Å². The molecule has 0 saturated carbocycles. The van der Waals surface area contributed by atoms with Gasteiger partial charge < -0.3 is 31.5 Å². The zero-order valence-corrected chi connectivity index (χ0v) is 17.7. The van der Waals surface area contributed by atoms with Crippen molar-refractivity contribution < 1.29 is 34.2 Å². The first-order valence-corrected chi connectivity index (χ1v) is 10.3. The number of nitrogens with two attached hydrogens (primary N) is 1. The summed E-state index contributed by atoms with van der Waals surface area (Å²) >= 11 is 0. The van der Waals surface area contributed by atoms with E-state index < -0.39 is 60.2 Å². The molecule has 3 amide bonds. The smallest absolute Gasteiger partial charge is 0.326 e. The first-order chi connectivity index (χ1) is 15.1. The Morgan fingerprint density at radius 3 is 2.25 bits per heavy atom. The number of hydrogen-bond acceptors (Lipinski definition) is 6. The van der Waals surface area contributed by atoms with Gasteiger partial charge in [0.2, 0.25) is 17.7 Å². The van der Waals surface area contributed by atoms with Crippen molar-refractivity contribution in [1.29, 1.82) is 0 Å². The monoisotopic (exact) mass is 448 g/mol. The zero-order chi connectivity index (χ0) is 23.8. The second-order valence-corrected chi connectivity index (χ2v) is 7.73. The van der Waals surface area contributed by atoms with Gasteiger partial charge in [0.15, 0.2) is 0 Å². The number of hydrogen-bond donors (Lipinski definition) is 5. The van der Waals surface area contributed by atoms with E-state index in [1.165, 1.54) is 6.92 Å². The molecule has 11 nitrogen and oxygen atoms in total. The lowest BCUT2D eigenvalue weighted by Gasteiger charge is -2.28. The predicted molar refractivity (Wildman–Crippen MR) is 112 cm³/mol. The first-order valence-electron chi connectivity index (χ1n) is 10.3. The Labute approximate surface area is 184 Å². The van der Waals surface area contributed by atoms with Crippen LogP contribution in [0.1, 0.15) is 31.7 Å². The second kappa shape index (κ2) is 11.2. The largest absolute Gasteiger partial charge is 0.481 e. The lowest BCUT2D eigenvalue weighted by atomic mass is 10.0. The van der Waals surface area contributed by atoms with Gasteiger partial charge in [0.1, 0.15) is 18.1 Å². The second-order valence-electron chi connectivity index (χ2n) is 7.73. The number of carboxylic acid groups (broad SMARTS) is 2. The molecule has 1 aliphatic rings. The van der Waals surface area contributed by atoms with E-state index in [9.17, 15) is 34.2 Å². The Morgan fingerprint density at radius 2 is 1.69 bits per heavy atom. The Bertz CT molecular complexity index is 859. The molecule has 11 heteroatoms. The maximum atomic E-state index is 13.0. The number of nitrogens with one attached hydrogen (secondary N) is 2. The third-order valence-corrected chi connectivity index (χ3v) is 5.14. The van der Waals surface area contributed by atoms with Crippen LogP contribution in [0.2, 0.25) is 0 Å². The Kier molecular flexibility index (Phi) is 8.71. The molecule has 1 aliphatic heterocycles. The number of rotatable bonds is 10. The van der Waals surface area contributed by atoms with Crippen LogP contribution in [0.25, 0.3) is 0 Å². The number of aliphatic carboxylic acids is 2. The molecule has 32 heavy (non-hydrogen) atoms. The highest BCUT2D eigenvalue weighted by atomic mass is 16.4. The minimum atomic E-state index is -1.48. The maximum Gasteiger partial charge on any atom is 0.326 e. The van der Waals surface area contributed by atoms with Gasteiger partial charge >= 0.3 is 11.9 Å². The Balaban J connectivity index is 2.22. The van der Waals surface area contributed by atoms with Gasteiger partial charge in [-0.1, -0.05) is 30.3 Å². The van der Waals surface area contributed by atoms with Crippen molar-refractivity contribution >= 4 is 29.7 Å². The van der Waals surface area contributed by atoms with E-state index in [-0.39, 0.29) is 19.4 Å². The highest BCUT2D eigenvalue weighted by molar-refractivity contribution is 5.95. The third kappa shape index (κ3) is 6.77. The molecule has 2 rings (SSSR count). The summed E-state index contributed by atoms with van der Waals surface area (Å²) < 4.78 is 0. The van der Waals surface area contributed by atoms with Crippen molar-refractivity contribution in [2.45, 2.75) is 56.8 Å². The fourth-order valence-corrected chi connectivity index (χ4v) is 3.50. The SMILES string of the molecule is CC(N)C(=O)NC(Cc1ccccc1)C(=O)NC(CC(=O)O)C(=O)N1CCCC1C(=O)O. The minimum Gasteiger partial charge on any atom is -0.481 e. The van der Waals surface area contributed by atoms with E-state index in [4.69, 9.17) is 5.73 Å². The number of amides is 3. The quantitative estimate of drug-likeness (QED) is 0.305. The third-order valence-electron chi connectivity index (χ3n) is 5.14. The lowest BCUT2D eigenvalue weighted by molar-refractivity contribution is -0.150. The predicted octanol–water partition coefficient (Wildman–Crippen LogP) is -0.904. The van der Waals surface area contributed by atoms with Crippen LogP contribution in [0.4, 0.5) is 0 Å². The van der Waals surface area contributed by atoms with Gasteiger partial charge in [-0.15, -0.1) is 0 Å². The van der Waals surface area contributed by atoms with Gasteiger partial charge in [-0.05, 0) is 25.3 Å². The van der Waals surface area contributed by atoms with Gasteiger partial charge in [-0.25, -0.2) is 4.79 Å². The molecule has 4 atom stereocenters. The molecule has 1 aromatic carbocycles. The lowest BCUT2D eigenvalue weighted by Crippen LogP contribution is -2.57. The summed E-state index contributed by atoms with van der Waals surface area (Å²) in [5.41, 5.74) is 6.31. The van der Waals surface area contributed by atoms with Crippen LogP contribution in [-0.2, 0) is 30.4 Å². The average Bonchev–Trinajstić information content (AvgIpc) is 3.22. The molecule has 4 unspecified atom stereocenters. The fraction of sp³-hybridized carbons (Fsp3) is 0.476. The van der Waals surface area contributed by atoms with Crippen molar-refractivity contribution in [1.82, 2.24) is 15.5 Å². The molecular formula is C21H28N4O7. The van der Waals surface area contributed by atoms with Crippen LogP contribution in [0.15, 0.2) is 30.3 Å². The maximum absolute atomic E-state index is 13.0. The molecule has 174 valence electrons. The van der Waals surface area contributed by atoms with Crippen molar-refractivity contribution in [3.8, 4) is 0 Å². The molecule has 0 aliphatic carbocycles. The molecule has 1 fully saturated rings. The molecule has 0 bridgehead atoms. The summed E-state index contributed by atoms with van der Waals surface area (Å²) in [5, 5.41) is 23.5. The topological polar surface area (TPSA) is 179 Å². The van der Waals surface area contributed by atoms with Crippen molar-refractivity contribution in [3.63, 3.8) is 0 Å². The summed E-state index contributed by atoms with van der Waals surface area (Å²) in [4.78, 5) is 61.9. The van der Waals surface area contributed by atoms with Crippen LogP contribution >= 0.6 is 0 Å². The van der Waals surface area contributed by atoms with Crippen LogP contribution in [-0.4, -0.2) is 75.5 Å². The van der Waals surface area contributed by atoms with Crippen LogP contribution in [0.5, 0.6) is 0 Å². The molecule has 1 saturated heterocycles. The van der Waals surface area contributed by atoms with Crippen LogP contribution in [0, 0.1) is 0 Å². The van der Waals surface area contributed by atoms with Crippen molar-refractivity contribution in [2.75, 3.05) is 6.54 Å². The van der Waals surface area contributed by atoms with Crippen LogP contribution in [0.3, 0.4) is 0 Å². The van der Waals surface area contributed by atoms with Crippen LogP contribution < -0.4 is 16.4 Å². The number of benzene rings is 1. The van der Waals surface area contributed by atoms with E-state index in [1.807, 2.05) is 0 Å². The standard InChI is InChI=1S/C21H28N4O7/c1-12(22)18(28)23-14(10-13-6-3-2-4-7-13)19(29)24-15(11-17(26)27)20(30)25-9-5-8-16(25)21(31)32/h2-4,6-7,12,14-16H,5,8-11,22H2,1H3,(H,23,28)(H,24,29)(H,26,27)(H,31,32). The first kappa shape index (κ1) is 24.8. The Hall–Kier alpha value is -3.47. The molecule has 0 spiro atoms. The molecule has 1 aromatic rings. The molecule has 0 radical (unpaired) electrons. The number of carbonyl (C=O) groups excluding carboxylic acids is 3. The fourth-order valence-electron chi connectivity index (χ4n) is 3.50. The van der Waals surface area contributed by atoms with Gasteiger partial charge in [-0.3, -0.25) is 19.2 Å². The summed E-state index contributed by atoms with van der Waals surface area (Å²) in [6, 6.07) is 4.24. The number of carboxylic acids is 2. The summed E-state index contributed by atoms with van der Waals surface area (Å²) in [7, 11) is 0. The summed E-state index contributed by atoms with van der Waals surface area (Å²) in [6.07, 6.45) is 0.0562.